The molecule has 0 unspecified atom stereocenters. The maximum atomic E-state index is 0. The van der Waals surface area contributed by atoms with Crippen LogP contribution in [0, 0.1) is 0 Å². The summed E-state index contributed by atoms with van der Waals surface area (Å²) in [5.41, 5.74) is 0. The summed E-state index contributed by atoms with van der Waals surface area (Å²) in [4.78, 5) is 0. The molecular weight excluding hydrogens is 205 g/mol. The summed E-state index contributed by atoms with van der Waals surface area (Å²) in [6, 6.07) is 0. The Morgan fingerprint density at radius 1 is 1.25 bits per heavy atom. The molecule has 0 heterocycles. The van der Waals surface area contributed by atoms with E-state index in [0.717, 1.165) is 0 Å². The van der Waals surface area contributed by atoms with Crippen molar-refractivity contribution in [3.63, 3.8) is 0 Å². The summed E-state index contributed by atoms with van der Waals surface area (Å²) < 4.78 is 0. The second kappa shape index (κ2) is 18.6. The summed E-state index contributed by atoms with van der Waals surface area (Å²) in [5, 5.41) is 0. The molecule has 0 fully saturated rings. The Balaban J connectivity index is 0. The van der Waals surface area contributed by atoms with Crippen molar-refractivity contribution in [3.8, 4) is 0 Å². The van der Waals surface area contributed by atoms with Gasteiger partial charge in [0.15, 0.2) is 0 Å². The molecule has 0 saturated heterocycles. The van der Waals surface area contributed by atoms with E-state index in [1.54, 1.807) is 0 Å². The molecule has 0 saturated carbocycles. The Labute approximate surface area is 75.6 Å². The normalized spacial score (nSPS) is 0. The van der Waals surface area contributed by atoms with Gasteiger partial charge in [0.1, 0.15) is 0 Å². The maximum absolute atomic E-state index is 0. The smallest absolute Gasteiger partial charge is 1.00 e. The second-order valence-electron chi connectivity index (χ2n) is 0. The van der Waals surface area contributed by atoms with Gasteiger partial charge in [-0.3, -0.25) is 0 Å². The van der Waals surface area contributed by atoms with Crippen LogP contribution in [-0.4, -0.2) is 23.1 Å². The van der Waals surface area contributed by atoms with Crippen LogP contribution in [0.2, 0.25) is 0 Å². The fraction of sp³-hybridized carbons (Fsp3) is 0. The molecule has 0 atom stereocenters. The van der Waals surface area contributed by atoms with E-state index in [-0.39, 0.29) is 76.2 Å². The molecule has 0 aliphatic rings. The van der Waals surface area contributed by atoms with Gasteiger partial charge in [0.2, 0.25) is 0 Å². The Hall–Kier alpha value is 2.29. The Morgan fingerprint density at radius 2 is 1.25 bits per heavy atom. The monoisotopic (exact) mass is 206 g/mol. The van der Waals surface area contributed by atoms with E-state index in [1.807, 2.05) is 0 Å². The van der Waals surface area contributed by atoms with Crippen molar-refractivity contribution in [2.75, 3.05) is 0 Å². The van der Waals surface area contributed by atoms with E-state index in [0.29, 0.717) is 0 Å². The third kappa shape index (κ3) is 8.86. The maximum Gasteiger partial charge on any atom is 2.00 e. The number of hydrogen-bond donors (Lipinski definition) is 0. The average molecular weight is 207 g/mol. The van der Waals surface area contributed by atoms with Crippen molar-refractivity contribution in [2.24, 2.45) is 0 Å². The Morgan fingerprint density at radius 3 is 1.25 bits per heavy atom. The first-order valence-corrected chi connectivity index (χ1v) is 0. The quantitative estimate of drug-likeness (QED) is 0.484. The minimum absolute atomic E-state index is 0. The predicted molar refractivity (Wildman–Crippen MR) is 7.98 cm³/mol. The molecule has 0 rings (SSSR count). The molecule has 0 aromatic rings. The molecule has 4 heavy (non-hydrogen) atoms. The van der Waals surface area contributed by atoms with Crippen molar-refractivity contribution in [1.82, 2.24) is 0 Å². The first-order chi connectivity index (χ1) is 0. The van der Waals surface area contributed by atoms with Gasteiger partial charge >= 0.3 is 23.1 Å². The van der Waals surface area contributed by atoms with Crippen molar-refractivity contribution >= 4 is 23.1 Å². The molecule has 34 valence electrons. The molecule has 0 aliphatic carbocycles. The molecule has 2 radical (unpaired) electrons. The third-order valence-corrected chi connectivity index (χ3v) is 0. The van der Waals surface area contributed by atoms with E-state index in [4.69, 9.17) is 0 Å². The number of hydrogen-bond acceptors (Lipinski definition) is 0. The van der Waals surface area contributed by atoms with Crippen molar-refractivity contribution in [2.45, 2.75) is 0 Å². The summed E-state index contributed by atoms with van der Waals surface area (Å²) in [5.74, 6) is 0. The van der Waals surface area contributed by atoms with E-state index >= 15 is 0 Å². The van der Waals surface area contributed by atoms with Crippen molar-refractivity contribution < 1.29 is 53.2 Å². The molecule has 0 spiro atoms. The van der Waals surface area contributed by atoms with Crippen LogP contribution in [-0.2, 0) is 50.3 Å². The molecule has 0 aliphatic heterocycles. The molecule has 0 nitrogen and oxygen atoms in total. The van der Waals surface area contributed by atoms with Gasteiger partial charge in [-0.1, -0.05) is 0 Å². The van der Waals surface area contributed by atoms with Crippen LogP contribution in [0.4, 0.5) is 0 Å². The zero-order chi connectivity index (χ0) is 0. The zero-order valence-electron chi connectivity index (χ0n) is 3.66. The first kappa shape index (κ1) is 33.6. The van der Waals surface area contributed by atoms with Gasteiger partial charge in [0, 0.05) is 50.3 Å². The van der Waals surface area contributed by atoms with Gasteiger partial charge in [-0.2, -0.15) is 0 Å². The van der Waals surface area contributed by atoms with Crippen molar-refractivity contribution in [3.05, 3.63) is 0 Å². The fourth-order valence-electron chi connectivity index (χ4n) is 0. The van der Waals surface area contributed by atoms with Gasteiger partial charge in [0.25, 0.3) is 0 Å². The third-order valence-electron chi connectivity index (χ3n) is 0. The van der Waals surface area contributed by atoms with E-state index in [9.17, 15) is 0 Å². The summed E-state index contributed by atoms with van der Waals surface area (Å²) >= 11 is 0. The van der Waals surface area contributed by atoms with Crippen LogP contribution in [0.3, 0.4) is 0 Å². The predicted octanol–water partition coefficient (Wildman–Crippen LogP) is -0.163. The van der Waals surface area contributed by atoms with Gasteiger partial charge in [0.05, 0.1) is 0 Å². The number of rotatable bonds is 0. The second-order valence-corrected chi connectivity index (χ2v) is 0. The summed E-state index contributed by atoms with van der Waals surface area (Å²) in [7, 11) is 0. The molecule has 0 aromatic carbocycles. The molecule has 0 bridgehead atoms. The van der Waals surface area contributed by atoms with Crippen LogP contribution in [0.15, 0.2) is 0 Å². The van der Waals surface area contributed by atoms with E-state index in [2.05, 4.69) is 0 Å². The van der Waals surface area contributed by atoms with Gasteiger partial charge in [-0.15, -0.1) is 0 Å². The minimum Gasteiger partial charge on any atom is -1.00 e. The fourth-order valence-corrected chi connectivity index (χ4v) is 0. The molecule has 0 amide bonds. The average Bonchev–Trinajstić information content (AvgIpc) is 0. The molecular formula is H2CoCuMgNi. The minimum atomic E-state index is 0. The standard InChI is InChI=1S/Co.Cu.Mg.Ni.2H/q;;+2;;2*-1. The van der Waals surface area contributed by atoms with Crippen LogP contribution in [0.5, 0.6) is 0 Å². The SMILES string of the molecule is [Co].[Cu].[H-].[H-].[Mg+2].[Ni]. The van der Waals surface area contributed by atoms with E-state index in [1.165, 1.54) is 0 Å². The largest absolute Gasteiger partial charge is 2.00 e. The van der Waals surface area contributed by atoms with Crippen molar-refractivity contribution in [1.29, 1.82) is 0 Å². The topological polar surface area (TPSA) is 0 Å². The molecule has 0 N–H and O–H groups in total. The van der Waals surface area contributed by atoms with Gasteiger partial charge < -0.3 is 2.85 Å². The molecule has 0 aromatic heterocycles. The van der Waals surface area contributed by atoms with Gasteiger partial charge in [-0.05, 0) is 0 Å². The summed E-state index contributed by atoms with van der Waals surface area (Å²) in [6.45, 7) is 0. The zero-order valence-corrected chi connectivity index (χ0v) is 6.04. The van der Waals surface area contributed by atoms with Crippen LogP contribution >= 0.6 is 0 Å². The van der Waals surface area contributed by atoms with Crippen LogP contribution in [0.25, 0.3) is 0 Å². The Kier molecular flexibility index (Phi) is 156. The summed E-state index contributed by atoms with van der Waals surface area (Å²) in [6.07, 6.45) is 0. The molecule has 4 heteroatoms. The Bertz CT molecular complexity index is 13.5. The first-order valence-electron chi connectivity index (χ1n) is 0. The van der Waals surface area contributed by atoms with E-state index < -0.39 is 0 Å². The van der Waals surface area contributed by atoms with Crippen LogP contribution < -0.4 is 0 Å². The van der Waals surface area contributed by atoms with Crippen LogP contribution in [0.1, 0.15) is 2.85 Å². The van der Waals surface area contributed by atoms with Gasteiger partial charge in [-0.25, -0.2) is 0 Å².